The van der Waals surface area contributed by atoms with Crippen molar-refractivity contribution in [2.45, 2.75) is 60.8 Å². The predicted molar refractivity (Wildman–Crippen MR) is 141 cm³/mol. The summed E-state index contributed by atoms with van der Waals surface area (Å²) < 4.78 is 75.8. The first-order chi connectivity index (χ1) is 18.4. The fraction of sp³-hybridized carbons (Fsp3) is 0.519. The largest absolute Gasteiger partial charge is 0.446 e. The van der Waals surface area contributed by atoms with E-state index in [-0.39, 0.29) is 34.6 Å². The van der Waals surface area contributed by atoms with Crippen LogP contribution >= 0.6 is 11.8 Å². The highest BCUT2D eigenvalue weighted by molar-refractivity contribution is 8.00. The number of carbonyl (C=O) groups is 1. The Balaban J connectivity index is 1.16. The first kappa shape index (κ1) is 29.4. The molecule has 2 aliphatic rings. The van der Waals surface area contributed by atoms with E-state index in [1.54, 1.807) is 12.1 Å². The minimum atomic E-state index is -4.35. The highest BCUT2D eigenvalue weighted by Gasteiger charge is 2.31. The maximum absolute atomic E-state index is 12.9. The molecular weight excluding hydrogens is 542 g/mol. The van der Waals surface area contributed by atoms with E-state index in [1.165, 1.54) is 24.3 Å². The van der Waals surface area contributed by atoms with Gasteiger partial charge in [0.1, 0.15) is 0 Å². The Kier molecular flexibility index (Phi) is 9.58. The first-order valence-corrected chi connectivity index (χ1v) is 13.8. The molecule has 5 nitrogen and oxygen atoms in total. The molecule has 0 bridgehead atoms. The lowest BCUT2D eigenvalue weighted by molar-refractivity contribution is -0.137. The molecule has 0 saturated carbocycles. The summed E-state index contributed by atoms with van der Waals surface area (Å²) in [5.41, 5.74) is -3.59. The van der Waals surface area contributed by atoms with Gasteiger partial charge in [-0.2, -0.15) is 26.3 Å². The minimum absolute atomic E-state index is 0.0378. The van der Waals surface area contributed by atoms with Crippen LogP contribution in [0.1, 0.15) is 37.7 Å². The zero-order valence-electron chi connectivity index (χ0n) is 21.3. The number of anilines is 2. The smallest absolute Gasteiger partial charge is 0.382 e. The molecule has 0 aromatic heterocycles. The maximum Gasteiger partial charge on any atom is 0.446 e. The Labute approximate surface area is 228 Å². The summed E-state index contributed by atoms with van der Waals surface area (Å²) in [7, 11) is 0. The van der Waals surface area contributed by atoms with E-state index in [0.717, 1.165) is 56.6 Å². The van der Waals surface area contributed by atoms with Gasteiger partial charge in [-0.1, -0.05) is 0 Å². The lowest BCUT2D eigenvalue weighted by atomic mass is 10.0. The molecule has 2 aromatic carbocycles. The number of thioether (sulfide) groups is 1. The number of likely N-dealkylation sites (tertiary alicyclic amines) is 2. The lowest BCUT2D eigenvalue weighted by Crippen LogP contribution is -2.46. The first-order valence-electron chi connectivity index (χ1n) is 13.0. The number of carbonyl (C=O) groups excluding carboxylic acids is 1. The lowest BCUT2D eigenvalue weighted by Gasteiger charge is -2.35. The number of alkyl halides is 6. The second-order valence-corrected chi connectivity index (χ2v) is 11.1. The molecule has 2 saturated heterocycles. The molecule has 1 amide bonds. The Morgan fingerprint density at radius 3 is 2.00 bits per heavy atom. The van der Waals surface area contributed by atoms with Crippen LogP contribution in [0.3, 0.4) is 0 Å². The highest BCUT2D eigenvalue weighted by atomic mass is 32.2. The van der Waals surface area contributed by atoms with Gasteiger partial charge in [0.15, 0.2) is 0 Å². The van der Waals surface area contributed by atoms with E-state index in [1.807, 2.05) is 4.90 Å². The second kappa shape index (κ2) is 12.7. The van der Waals surface area contributed by atoms with E-state index >= 15 is 0 Å². The van der Waals surface area contributed by atoms with Crippen molar-refractivity contribution in [2.75, 3.05) is 43.4 Å². The molecule has 1 atom stereocenters. The summed E-state index contributed by atoms with van der Waals surface area (Å²) in [6, 6.07) is 11.4. The molecule has 2 aromatic rings. The fourth-order valence-electron chi connectivity index (χ4n) is 5.01. The third kappa shape index (κ3) is 9.23. The minimum Gasteiger partial charge on any atom is -0.382 e. The number of hydrogen-bond acceptors (Lipinski definition) is 5. The monoisotopic (exact) mass is 574 g/mol. The van der Waals surface area contributed by atoms with Crippen LogP contribution < -0.4 is 10.6 Å². The van der Waals surface area contributed by atoms with Gasteiger partial charge in [-0.3, -0.25) is 4.79 Å². The molecule has 214 valence electrons. The van der Waals surface area contributed by atoms with Crippen LogP contribution in [0.15, 0.2) is 53.4 Å². The molecule has 2 fully saturated rings. The van der Waals surface area contributed by atoms with Gasteiger partial charge in [-0.15, -0.1) is 0 Å². The Hall–Kier alpha value is -2.60. The van der Waals surface area contributed by atoms with Gasteiger partial charge >= 0.3 is 11.7 Å². The van der Waals surface area contributed by atoms with Gasteiger partial charge in [-0.05, 0) is 86.0 Å². The standard InChI is InChI=1S/C27H32F6N4OS/c28-26(29,30)19-3-5-20(6-4-19)34-22-11-15-36(16-12-22)17-13-25(38)37-14-1-2-23(18-37)35-21-7-9-24(10-8-21)39-27(31,32)33/h3-10,22-23,34-35H,1-2,11-18H2. The normalized spacial score (nSPS) is 19.6. The Morgan fingerprint density at radius 2 is 1.41 bits per heavy atom. The summed E-state index contributed by atoms with van der Waals surface area (Å²) in [5.74, 6) is 0.0865. The molecule has 1 unspecified atom stereocenters. The molecule has 39 heavy (non-hydrogen) atoms. The zero-order chi connectivity index (χ0) is 28.0. The number of benzene rings is 2. The van der Waals surface area contributed by atoms with Crippen LogP contribution in [0.4, 0.5) is 37.7 Å². The van der Waals surface area contributed by atoms with E-state index in [4.69, 9.17) is 0 Å². The summed E-state index contributed by atoms with van der Waals surface area (Å²) in [6.45, 7) is 3.50. The van der Waals surface area contributed by atoms with E-state index < -0.39 is 17.2 Å². The van der Waals surface area contributed by atoms with Gasteiger partial charge in [0, 0.05) is 67.5 Å². The van der Waals surface area contributed by atoms with Crippen molar-refractivity contribution < 1.29 is 31.1 Å². The van der Waals surface area contributed by atoms with Crippen molar-refractivity contribution in [3.63, 3.8) is 0 Å². The molecule has 0 spiro atoms. The average molecular weight is 575 g/mol. The number of amides is 1. The van der Waals surface area contributed by atoms with E-state index in [9.17, 15) is 31.1 Å². The quantitative estimate of drug-likeness (QED) is 0.272. The van der Waals surface area contributed by atoms with E-state index in [0.29, 0.717) is 31.7 Å². The number of nitrogens with zero attached hydrogens (tertiary/aromatic N) is 2. The van der Waals surface area contributed by atoms with Crippen LogP contribution in [-0.4, -0.2) is 66.0 Å². The number of hydrogen-bond donors (Lipinski definition) is 2. The number of halogens is 6. The van der Waals surface area contributed by atoms with Gasteiger partial charge in [0.2, 0.25) is 5.91 Å². The van der Waals surface area contributed by atoms with Gasteiger partial charge in [0.25, 0.3) is 0 Å². The van der Waals surface area contributed by atoms with Crippen molar-refractivity contribution in [3.8, 4) is 0 Å². The van der Waals surface area contributed by atoms with Crippen molar-refractivity contribution in [1.29, 1.82) is 0 Å². The highest BCUT2D eigenvalue weighted by Crippen LogP contribution is 2.37. The molecule has 2 heterocycles. The number of piperidine rings is 2. The average Bonchev–Trinajstić information content (AvgIpc) is 2.88. The van der Waals surface area contributed by atoms with Crippen LogP contribution in [0.5, 0.6) is 0 Å². The molecule has 0 radical (unpaired) electrons. The van der Waals surface area contributed by atoms with Crippen LogP contribution in [0.25, 0.3) is 0 Å². The maximum atomic E-state index is 12.9. The third-order valence-electron chi connectivity index (χ3n) is 7.05. The summed E-state index contributed by atoms with van der Waals surface area (Å²) in [6.07, 6.45) is -0.529. The third-order valence-corrected chi connectivity index (χ3v) is 7.78. The van der Waals surface area contributed by atoms with Crippen molar-refractivity contribution >= 4 is 29.0 Å². The van der Waals surface area contributed by atoms with Crippen molar-refractivity contribution in [1.82, 2.24) is 9.80 Å². The van der Waals surface area contributed by atoms with Crippen molar-refractivity contribution in [3.05, 3.63) is 54.1 Å². The van der Waals surface area contributed by atoms with Crippen LogP contribution in [-0.2, 0) is 11.0 Å². The summed E-state index contributed by atoms with van der Waals surface area (Å²) >= 11 is -0.144. The summed E-state index contributed by atoms with van der Waals surface area (Å²) in [5, 5.41) is 6.65. The molecule has 2 N–H and O–H groups in total. The van der Waals surface area contributed by atoms with Crippen LogP contribution in [0, 0.1) is 0 Å². The van der Waals surface area contributed by atoms with Gasteiger partial charge < -0.3 is 20.4 Å². The molecule has 2 aliphatic heterocycles. The number of nitrogens with one attached hydrogen (secondary N) is 2. The fourth-order valence-corrected chi connectivity index (χ4v) is 5.55. The predicted octanol–water partition coefficient (Wildman–Crippen LogP) is 6.69. The van der Waals surface area contributed by atoms with Crippen LogP contribution in [0.2, 0.25) is 0 Å². The van der Waals surface area contributed by atoms with Crippen molar-refractivity contribution in [2.24, 2.45) is 0 Å². The second-order valence-electron chi connectivity index (χ2n) is 9.98. The molecule has 0 aliphatic carbocycles. The van der Waals surface area contributed by atoms with Gasteiger partial charge in [-0.25, -0.2) is 0 Å². The van der Waals surface area contributed by atoms with Gasteiger partial charge in [0.05, 0.1) is 5.56 Å². The Morgan fingerprint density at radius 1 is 0.821 bits per heavy atom. The number of rotatable bonds is 8. The zero-order valence-corrected chi connectivity index (χ0v) is 22.1. The molecular formula is C27H32F6N4OS. The topological polar surface area (TPSA) is 47.6 Å². The Bertz CT molecular complexity index is 1070. The van der Waals surface area contributed by atoms with E-state index in [2.05, 4.69) is 15.5 Å². The SMILES string of the molecule is O=C(CCN1CCC(Nc2ccc(C(F)(F)F)cc2)CC1)N1CCCC(Nc2ccc(SC(F)(F)F)cc2)C1. The molecule has 4 rings (SSSR count). The molecule has 12 heteroatoms. The summed E-state index contributed by atoms with van der Waals surface area (Å²) in [4.78, 5) is 17.1.